The molecule has 0 saturated carbocycles. The number of rotatable bonds is 9. The molecule has 0 aliphatic carbocycles. The summed E-state index contributed by atoms with van der Waals surface area (Å²) >= 11 is 0. The molecule has 0 radical (unpaired) electrons. The Hall–Kier alpha value is -1.34. The third-order valence-corrected chi connectivity index (χ3v) is 9.32. The molecular formula is C20H30NO2P. The molecule has 1 aliphatic heterocycles. The van der Waals surface area contributed by atoms with Gasteiger partial charge in [0.2, 0.25) is 0 Å². The lowest BCUT2D eigenvalue weighted by Gasteiger charge is -2.25. The van der Waals surface area contributed by atoms with Crippen molar-refractivity contribution in [2.75, 3.05) is 18.9 Å². The molecule has 0 bridgehead atoms. The molecule has 0 N–H and O–H groups in total. The van der Waals surface area contributed by atoms with E-state index in [2.05, 4.69) is 27.4 Å². The third-order valence-electron chi connectivity index (χ3n) is 5.05. The molecular weight excluding hydrogens is 317 g/mol. The molecule has 0 saturated heterocycles. The van der Waals surface area contributed by atoms with Gasteiger partial charge in [0.1, 0.15) is 0 Å². The first-order valence-corrected chi connectivity index (χ1v) is 11.3. The number of fused-ring (bicyclic) bond motifs is 1. The summed E-state index contributed by atoms with van der Waals surface area (Å²) in [5, 5.41) is 0. The molecule has 4 heteroatoms. The summed E-state index contributed by atoms with van der Waals surface area (Å²) in [5.74, 6) is 0.0496. The Bertz CT molecular complexity index is 608. The second-order valence-electron chi connectivity index (χ2n) is 6.84. The van der Waals surface area contributed by atoms with E-state index in [1.165, 1.54) is 0 Å². The van der Waals surface area contributed by atoms with Gasteiger partial charge in [0, 0.05) is 41.4 Å². The van der Waals surface area contributed by atoms with Crippen LogP contribution in [0.2, 0.25) is 0 Å². The SMILES string of the molecule is C=C1c2ccccc2C(=O)N1CCCC(C)P(=O)(CCC)CCC. The van der Waals surface area contributed by atoms with E-state index >= 15 is 0 Å². The highest BCUT2D eigenvalue weighted by Crippen LogP contribution is 2.53. The summed E-state index contributed by atoms with van der Waals surface area (Å²) in [7, 11) is -2.09. The molecule has 1 atom stereocenters. The molecule has 0 spiro atoms. The van der Waals surface area contributed by atoms with Crippen LogP contribution in [0.3, 0.4) is 0 Å². The van der Waals surface area contributed by atoms with Gasteiger partial charge in [-0.2, -0.15) is 0 Å². The number of amides is 1. The van der Waals surface area contributed by atoms with Crippen LogP contribution in [0.25, 0.3) is 5.70 Å². The fourth-order valence-corrected chi connectivity index (χ4v) is 6.93. The van der Waals surface area contributed by atoms with Gasteiger partial charge in [-0.15, -0.1) is 0 Å². The standard InChI is InChI=1S/C20H30NO2P/c1-5-14-24(23,15-6-2)16(3)10-9-13-21-17(4)18-11-7-8-12-19(18)20(21)22/h7-8,11-12,16H,4-6,9-10,13-15H2,1-3H3. The number of hydrogen-bond acceptors (Lipinski definition) is 2. The van der Waals surface area contributed by atoms with Crippen molar-refractivity contribution >= 4 is 18.7 Å². The molecule has 24 heavy (non-hydrogen) atoms. The molecule has 1 aliphatic rings. The van der Waals surface area contributed by atoms with Crippen molar-refractivity contribution < 1.29 is 9.36 Å². The highest BCUT2D eigenvalue weighted by molar-refractivity contribution is 7.64. The van der Waals surface area contributed by atoms with Gasteiger partial charge in [-0.05, 0) is 31.7 Å². The number of nitrogens with zero attached hydrogens (tertiary/aromatic N) is 1. The molecule has 0 fully saturated rings. The van der Waals surface area contributed by atoms with Crippen LogP contribution in [0.4, 0.5) is 0 Å². The Morgan fingerprint density at radius 1 is 1.12 bits per heavy atom. The van der Waals surface area contributed by atoms with E-state index in [1.807, 2.05) is 24.3 Å². The summed E-state index contributed by atoms with van der Waals surface area (Å²) < 4.78 is 13.1. The Kier molecular flexibility index (Phi) is 6.46. The van der Waals surface area contributed by atoms with Crippen LogP contribution in [-0.2, 0) is 4.57 Å². The van der Waals surface area contributed by atoms with Crippen molar-refractivity contribution in [1.82, 2.24) is 4.90 Å². The lowest BCUT2D eigenvalue weighted by molar-refractivity contribution is 0.0849. The molecule has 132 valence electrons. The van der Waals surface area contributed by atoms with Crippen LogP contribution >= 0.6 is 7.14 Å². The highest BCUT2D eigenvalue weighted by Gasteiger charge is 2.31. The van der Waals surface area contributed by atoms with Crippen LogP contribution in [0.1, 0.15) is 62.4 Å². The maximum Gasteiger partial charge on any atom is 0.258 e. The predicted molar refractivity (Wildman–Crippen MR) is 103 cm³/mol. The maximum atomic E-state index is 13.1. The monoisotopic (exact) mass is 347 g/mol. The molecule has 1 amide bonds. The van der Waals surface area contributed by atoms with Crippen molar-refractivity contribution in [3.8, 4) is 0 Å². The van der Waals surface area contributed by atoms with Gasteiger partial charge >= 0.3 is 0 Å². The van der Waals surface area contributed by atoms with E-state index < -0.39 is 7.14 Å². The van der Waals surface area contributed by atoms with Crippen LogP contribution in [0, 0.1) is 0 Å². The Balaban J connectivity index is 1.94. The molecule has 1 aromatic rings. The van der Waals surface area contributed by atoms with Crippen LogP contribution in [-0.4, -0.2) is 35.3 Å². The summed E-state index contributed by atoms with van der Waals surface area (Å²) in [5.41, 5.74) is 2.73. The lowest BCUT2D eigenvalue weighted by atomic mass is 10.1. The summed E-state index contributed by atoms with van der Waals surface area (Å²) in [6, 6.07) is 7.65. The van der Waals surface area contributed by atoms with E-state index in [0.29, 0.717) is 6.54 Å². The Morgan fingerprint density at radius 2 is 1.71 bits per heavy atom. The van der Waals surface area contributed by atoms with Gasteiger partial charge in [-0.1, -0.05) is 45.5 Å². The minimum atomic E-state index is -2.09. The van der Waals surface area contributed by atoms with E-state index in [-0.39, 0.29) is 11.6 Å². The molecule has 1 heterocycles. The van der Waals surface area contributed by atoms with Gasteiger partial charge in [0.15, 0.2) is 0 Å². The number of carbonyl (C=O) groups is 1. The minimum Gasteiger partial charge on any atom is -0.323 e. The fraction of sp³-hybridized carbons (Fsp3) is 0.550. The van der Waals surface area contributed by atoms with Crippen LogP contribution in [0.15, 0.2) is 30.8 Å². The molecule has 0 aromatic heterocycles. The molecule has 1 unspecified atom stereocenters. The summed E-state index contributed by atoms with van der Waals surface area (Å²) in [4.78, 5) is 14.3. The summed E-state index contributed by atoms with van der Waals surface area (Å²) in [6.45, 7) is 11.1. The highest BCUT2D eigenvalue weighted by atomic mass is 31.2. The van der Waals surface area contributed by atoms with Crippen molar-refractivity contribution in [3.05, 3.63) is 42.0 Å². The topological polar surface area (TPSA) is 37.4 Å². The van der Waals surface area contributed by atoms with E-state index in [1.54, 1.807) is 4.90 Å². The average Bonchev–Trinajstić information content (AvgIpc) is 2.80. The average molecular weight is 347 g/mol. The first-order chi connectivity index (χ1) is 11.4. The Morgan fingerprint density at radius 3 is 2.25 bits per heavy atom. The molecule has 1 aromatic carbocycles. The number of benzene rings is 1. The van der Waals surface area contributed by atoms with Crippen molar-refractivity contribution in [3.63, 3.8) is 0 Å². The lowest BCUT2D eigenvalue weighted by Crippen LogP contribution is -2.24. The van der Waals surface area contributed by atoms with Gasteiger partial charge in [-0.25, -0.2) is 0 Å². The van der Waals surface area contributed by atoms with Crippen molar-refractivity contribution in [2.45, 2.75) is 52.1 Å². The normalized spacial score (nSPS) is 15.7. The molecule has 2 rings (SSSR count). The van der Waals surface area contributed by atoms with Crippen molar-refractivity contribution in [2.24, 2.45) is 0 Å². The predicted octanol–water partition coefficient (Wildman–Crippen LogP) is 5.46. The summed E-state index contributed by atoms with van der Waals surface area (Å²) in [6.07, 6.45) is 5.45. The first kappa shape index (κ1) is 19.0. The van der Waals surface area contributed by atoms with Crippen LogP contribution in [0.5, 0.6) is 0 Å². The smallest absolute Gasteiger partial charge is 0.258 e. The third kappa shape index (κ3) is 3.83. The van der Waals surface area contributed by atoms with E-state index in [9.17, 15) is 9.36 Å². The van der Waals surface area contributed by atoms with Crippen molar-refractivity contribution in [1.29, 1.82) is 0 Å². The van der Waals surface area contributed by atoms with E-state index in [4.69, 9.17) is 0 Å². The van der Waals surface area contributed by atoms with Gasteiger partial charge in [0.05, 0.1) is 7.14 Å². The van der Waals surface area contributed by atoms with Gasteiger partial charge in [-0.3, -0.25) is 4.79 Å². The minimum absolute atomic E-state index is 0.0496. The Labute approximate surface area is 146 Å². The fourth-order valence-electron chi connectivity index (χ4n) is 3.66. The maximum absolute atomic E-state index is 13.1. The van der Waals surface area contributed by atoms with Gasteiger partial charge in [0.25, 0.3) is 5.91 Å². The van der Waals surface area contributed by atoms with E-state index in [0.717, 1.165) is 54.8 Å². The zero-order valence-corrected chi connectivity index (χ0v) is 16.1. The second kappa shape index (κ2) is 8.16. The molecule has 3 nitrogen and oxygen atoms in total. The number of carbonyl (C=O) groups excluding carboxylic acids is 1. The van der Waals surface area contributed by atoms with Crippen LogP contribution < -0.4 is 0 Å². The van der Waals surface area contributed by atoms with Gasteiger partial charge < -0.3 is 9.46 Å². The first-order valence-electron chi connectivity index (χ1n) is 9.12. The quantitative estimate of drug-likeness (QED) is 0.556. The number of hydrogen-bond donors (Lipinski definition) is 0. The largest absolute Gasteiger partial charge is 0.323 e. The second-order valence-corrected chi connectivity index (χ2v) is 10.5. The zero-order chi connectivity index (χ0) is 17.7. The zero-order valence-electron chi connectivity index (χ0n) is 15.3.